The summed E-state index contributed by atoms with van der Waals surface area (Å²) >= 11 is 1.38. The topological polar surface area (TPSA) is 350 Å². The van der Waals surface area contributed by atoms with Crippen LogP contribution in [0.25, 0.3) is 0 Å². The molecule has 0 heterocycles. The van der Waals surface area contributed by atoms with Crippen LogP contribution in [-0.2, 0) is 43.2 Å². The van der Waals surface area contributed by atoms with E-state index in [1.165, 1.54) is 11.8 Å². The van der Waals surface area contributed by atoms with Crippen molar-refractivity contribution >= 4 is 65.0 Å². The highest BCUT2D eigenvalue weighted by atomic mass is 32.2. The van der Waals surface area contributed by atoms with E-state index >= 15 is 0 Å². The molecular formula is C37H68N10O10S. The van der Waals surface area contributed by atoms with E-state index in [1.807, 2.05) is 0 Å². The Kier molecular flexibility index (Phi) is 25.8. The van der Waals surface area contributed by atoms with Gasteiger partial charge in [-0.3, -0.25) is 38.4 Å². The maximum absolute atomic E-state index is 13.9. The van der Waals surface area contributed by atoms with Crippen LogP contribution in [0.15, 0.2) is 0 Å². The highest BCUT2D eigenvalue weighted by Crippen LogP contribution is 2.14. The first kappa shape index (κ1) is 53.5. The molecule has 0 aliphatic rings. The second-order valence-corrected chi connectivity index (χ2v) is 15.8. The van der Waals surface area contributed by atoms with Crippen molar-refractivity contribution in [2.24, 2.45) is 40.7 Å². The van der Waals surface area contributed by atoms with Gasteiger partial charge in [-0.15, -0.1) is 0 Å². The molecule has 0 spiro atoms. The second kappa shape index (κ2) is 28.0. The van der Waals surface area contributed by atoms with E-state index in [0.717, 1.165) is 0 Å². The zero-order chi connectivity index (χ0) is 44.7. The van der Waals surface area contributed by atoms with E-state index in [1.54, 1.807) is 47.8 Å². The van der Waals surface area contributed by atoms with Crippen molar-refractivity contribution in [2.75, 3.05) is 18.6 Å². The zero-order valence-corrected chi connectivity index (χ0v) is 35.7. The summed E-state index contributed by atoms with van der Waals surface area (Å²) in [6.45, 7) is 10.5. The zero-order valence-electron chi connectivity index (χ0n) is 34.9. The van der Waals surface area contributed by atoms with Gasteiger partial charge in [0.05, 0.1) is 12.5 Å². The van der Waals surface area contributed by atoms with Crippen LogP contribution < -0.4 is 54.8 Å². The van der Waals surface area contributed by atoms with Gasteiger partial charge >= 0.3 is 5.97 Å². The van der Waals surface area contributed by atoms with Crippen molar-refractivity contribution in [1.29, 1.82) is 0 Å². The van der Waals surface area contributed by atoms with Crippen LogP contribution in [-0.4, -0.2) is 119 Å². The molecule has 0 radical (unpaired) electrons. The van der Waals surface area contributed by atoms with Crippen molar-refractivity contribution < 1.29 is 48.3 Å². The first-order valence-electron chi connectivity index (χ1n) is 19.7. The molecule has 0 aromatic carbocycles. The highest BCUT2D eigenvalue weighted by Gasteiger charge is 2.36. The molecule has 15 N–H and O–H groups in total. The van der Waals surface area contributed by atoms with Crippen LogP contribution >= 0.6 is 11.8 Å². The predicted octanol–water partition coefficient (Wildman–Crippen LogP) is -1.92. The first-order chi connectivity index (χ1) is 27.1. The van der Waals surface area contributed by atoms with Crippen LogP contribution in [0.2, 0.25) is 0 Å². The van der Waals surface area contributed by atoms with E-state index in [0.29, 0.717) is 38.0 Å². The number of nitrogens with two attached hydrogens (primary N) is 4. The van der Waals surface area contributed by atoms with E-state index in [2.05, 4.69) is 31.9 Å². The number of unbranched alkanes of at least 4 members (excludes halogenated alkanes) is 1. The Morgan fingerprint density at radius 1 is 0.586 bits per heavy atom. The molecule has 21 heteroatoms. The van der Waals surface area contributed by atoms with E-state index in [4.69, 9.17) is 22.9 Å². The monoisotopic (exact) mass is 844 g/mol. The summed E-state index contributed by atoms with van der Waals surface area (Å²) in [6.07, 6.45) is 2.72. The Labute approximate surface area is 345 Å². The molecule has 0 saturated carbocycles. The molecular weight excluding hydrogens is 777 g/mol. The average molecular weight is 845 g/mol. The number of amides is 8. The van der Waals surface area contributed by atoms with E-state index in [9.17, 15) is 48.3 Å². The molecule has 0 unspecified atom stereocenters. The van der Waals surface area contributed by atoms with Gasteiger partial charge in [-0.25, -0.2) is 4.79 Å². The summed E-state index contributed by atoms with van der Waals surface area (Å²) in [4.78, 5) is 116. The molecule has 8 amide bonds. The molecule has 9 atom stereocenters. The lowest BCUT2D eigenvalue weighted by Gasteiger charge is -2.30. The number of primary amides is 2. The Hall–Kier alpha value is -4.50. The second-order valence-electron chi connectivity index (χ2n) is 14.8. The Morgan fingerprint density at radius 3 is 1.45 bits per heavy atom. The standard InChI is InChI=1S/C37H68N10O10S/c1-8-20(5)29(47-36(55)30(21(6)9-2)46-31(50)22(39)18-27(41)49)35(54)44-24(13-14-26(40)48)32(51)43-25(15-17-58-7)33(52)42-23(12-10-11-16-38)34(53)45-28(19(3)4)37(56)57/h19-25,28-30H,8-18,38-39H2,1-7H3,(H2,40,48)(H2,41,49)(H,42,52)(H,43,51)(H,44,54)(H,45,53)(H,46,50)(H,47,55)(H,56,57)/t20-,21-,22+,23+,24+,25+,28+,29+,30+/m0/s1. The Morgan fingerprint density at radius 2 is 1.02 bits per heavy atom. The van der Waals surface area contributed by atoms with Gasteiger partial charge in [0.15, 0.2) is 0 Å². The summed E-state index contributed by atoms with van der Waals surface area (Å²) < 4.78 is 0. The number of hydrogen-bond acceptors (Lipinski definition) is 12. The SMILES string of the molecule is CC[C@H](C)[C@@H](NC(=O)[C@H](N)CC(N)=O)C(=O)N[C@@H](C(=O)N[C@H](CCC(N)=O)C(=O)N[C@H](CCSC)C(=O)N[C@H](CCCCN)C(=O)N[C@@H](C(=O)O)C(C)C)[C@@H](C)CC. The maximum atomic E-state index is 13.9. The molecule has 0 aliphatic carbocycles. The van der Waals surface area contributed by atoms with Crippen molar-refractivity contribution in [1.82, 2.24) is 31.9 Å². The average Bonchev–Trinajstić information content (AvgIpc) is 3.15. The van der Waals surface area contributed by atoms with E-state index < -0.39 is 120 Å². The van der Waals surface area contributed by atoms with Gasteiger partial charge in [0, 0.05) is 6.42 Å². The van der Waals surface area contributed by atoms with Gasteiger partial charge in [0.25, 0.3) is 0 Å². The third-order valence-corrected chi connectivity index (χ3v) is 10.4. The number of carbonyl (C=O) groups is 9. The predicted molar refractivity (Wildman–Crippen MR) is 219 cm³/mol. The number of rotatable bonds is 30. The lowest BCUT2D eigenvalue weighted by Crippen LogP contribution is -2.61. The molecule has 0 aromatic heterocycles. The molecule has 0 fully saturated rings. The smallest absolute Gasteiger partial charge is 0.326 e. The van der Waals surface area contributed by atoms with Gasteiger partial charge in [-0.05, 0) is 68.4 Å². The minimum absolute atomic E-state index is 0.0908. The molecule has 58 heavy (non-hydrogen) atoms. The third-order valence-electron chi connectivity index (χ3n) is 9.71. The van der Waals surface area contributed by atoms with E-state index in [-0.39, 0.29) is 25.7 Å². The van der Waals surface area contributed by atoms with Crippen molar-refractivity contribution in [2.45, 2.75) is 142 Å². The van der Waals surface area contributed by atoms with Crippen LogP contribution in [0, 0.1) is 17.8 Å². The number of carboxylic acid groups (broad SMARTS) is 1. The summed E-state index contributed by atoms with van der Waals surface area (Å²) in [6, 6.07) is -8.76. The quantitative estimate of drug-likeness (QED) is 0.0352. The number of carbonyl (C=O) groups excluding carboxylic acids is 8. The van der Waals surface area contributed by atoms with Crippen LogP contribution in [0.1, 0.15) is 99.3 Å². The lowest BCUT2D eigenvalue weighted by molar-refractivity contribution is -0.143. The summed E-state index contributed by atoms with van der Waals surface area (Å²) in [5.74, 6) is -8.50. The number of thioether (sulfide) groups is 1. The van der Waals surface area contributed by atoms with Gasteiger partial charge in [0.2, 0.25) is 47.3 Å². The largest absolute Gasteiger partial charge is 0.480 e. The van der Waals surface area contributed by atoms with Gasteiger partial charge in [-0.2, -0.15) is 11.8 Å². The van der Waals surface area contributed by atoms with Gasteiger partial charge < -0.3 is 59.9 Å². The maximum Gasteiger partial charge on any atom is 0.326 e. The van der Waals surface area contributed by atoms with Crippen LogP contribution in [0.4, 0.5) is 0 Å². The lowest BCUT2D eigenvalue weighted by atomic mass is 9.94. The summed E-state index contributed by atoms with van der Waals surface area (Å²) in [5, 5.41) is 25.2. The number of aliphatic carboxylic acids is 1. The molecule has 0 aromatic rings. The fraction of sp³-hybridized carbons (Fsp3) is 0.757. The molecule has 0 rings (SSSR count). The van der Waals surface area contributed by atoms with Crippen molar-refractivity contribution in [3.8, 4) is 0 Å². The molecule has 0 saturated heterocycles. The molecule has 0 aliphatic heterocycles. The Balaban J connectivity index is 6.48. The van der Waals surface area contributed by atoms with Crippen LogP contribution in [0.5, 0.6) is 0 Å². The van der Waals surface area contributed by atoms with Crippen molar-refractivity contribution in [3.05, 3.63) is 0 Å². The minimum atomic E-state index is -1.42. The Bertz CT molecular complexity index is 1400. The van der Waals surface area contributed by atoms with Gasteiger partial charge in [0.1, 0.15) is 36.3 Å². The summed E-state index contributed by atoms with van der Waals surface area (Å²) in [7, 11) is 0. The fourth-order valence-corrected chi connectivity index (χ4v) is 6.08. The minimum Gasteiger partial charge on any atom is -0.480 e. The molecule has 0 bridgehead atoms. The third kappa shape index (κ3) is 19.8. The highest BCUT2D eigenvalue weighted by molar-refractivity contribution is 7.98. The van der Waals surface area contributed by atoms with Gasteiger partial charge in [-0.1, -0.05) is 54.4 Å². The van der Waals surface area contributed by atoms with Crippen LogP contribution in [0.3, 0.4) is 0 Å². The first-order valence-corrected chi connectivity index (χ1v) is 21.1. The fourth-order valence-electron chi connectivity index (χ4n) is 5.61. The normalized spacial score (nSPS) is 15.8. The number of carboxylic acids is 1. The number of hydrogen-bond donors (Lipinski definition) is 11. The summed E-state index contributed by atoms with van der Waals surface area (Å²) in [5.41, 5.74) is 22.0. The molecule has 20 nitrogen and oxygen atoms in total. The number of nitrogens with one attached hydrogen (secondary N) is 6. The van der Waals surface area contributed by atoms with Crippen molar-refractivity contribution in [3.63, 3.8) is 0 Å². The molecule has 332 valence electrons.